The van der Waals surface area contributed by atoms with E-state index in [2.05, 4.69) is 29.6 Å². The molecule has 2 fully saturated rings. The predicted octanol–water partition coefficient (Wildman–Crippen LogP) is 1.84. The molecule has 1 saturated carbocycles. The van der Waals surface area contributed by atoms with E-state index in [1.54, 1.807) is 0 Å². The summed E-state index contributed by atoms with van der Waals surface area (Å²) >= 11 is 0. The lowest BCUT2D eigenvalue weighted by Crippen LogP contribution is -2.45. The SMILES string of the molecule is NC1CCC(=O)NC1c1cccc(C2CC2)c1. The maximum absolute atomic E-state index is 11.5. The molecule has 3 nitrogen and oxygen atoms in total. The second-order valence-corrected chi connectivity index (χ2v) is 5.19. The molecule has 3 heteroatoms. The Kier molecular flexibility index (Phi) is 2.63. The van der Waals surface area contributed by atoms with Gasteiger partial charge in [-0.15, -0.1) is 0 Å². The molecule has 2 aliphatic rings. The first-order valence-electron chi connectivity index (χ1n) is 6.39. The van der Waals surface area contributed by atoms with E-state index < -0.39 is 0 Å². The van der Waals surface area contributed by atoms with Crippen molar-refractivity contribution in [2.45, 2.75) is 43.7 Å². The second kappa shape index (κ2) is 4.15. The Hall–Kier alpha value is -1.35. The van der Waals surface area contributed by atoms with Gasteiger partial charge in [-0.2, -0.15) is 0 Å². The number of carbonyl (C=O) groups is 1. The smallest absolute Gasteiger partial charge is 0.220 e. The normalized spacial score (nSPS) is 28.9. The highest BCUT2D eigenvalue weighted by Gasteiger charge is 2.29. The molecule has 1 aromatic rings. The Morgan fingerprint density at radius 2 is 1.94 bits per heavy atom. The Bertz CT molecular complexity index is 440. The maximum atomic E-state index is 11.5. The zero-order valence-electron chi connectivity index (χ0n) is 9.86. The minimum absolute atomic E-state index is 0.00468. The maximum Gasteiger partial charge on any atom is 0.220 e. The van der Waals surface area contributed by atoms with Gasteiger partial charge >= 0.3 is 0 Å². The number of hydrogen-bond donors (Lipinski definition) is 2. The fourth-order valence-corrected chi connectivity index (χ4v) is 2.57. The average molecular weight is 230 g/mol. The van der Waals surface area contributed by atoms with Crippen molar-refractivity contribution in [2.75, 3.05) is 0 Å². The number of nitrogens with one attached hydrogen (secondary N) is 1. The number of hydrogen-bond acceptors (Lipinski definition) is 2. The first kappa shape index (κ1) is 10.8. The summed E-state index contributed by atoms with van der Waals surface area (Å²) in [6.45, 7) is 0. The van der Waals surface area contributed by atoms with Gasteiger partial charge < -0.3 is 11.1 Å². The quantitative estimate of drug-likeness (QED) is 0.814. The molecule has 3 N–H and O–H groups in total. The molecule has 90 valence electrons. The second-order valence-electron chi connectivity index (χ2n) is 5.19. The van der Waals surface area contributed by atoms with Gasteiger partial charge in [-0.05, 0) is 36.3 Å². The van der Waals surface area contributed by atoms with Gasteiger partial charge in [0.25, 0.3) is 0 Å². The molecular formula is C14H18N2O. The Morgan fingerprint density at radius 1 is 1.18 bits per heavy atom. The molecule has 2 unspecified atom stereocenters. The summed E-state index contributed by atoms with van der Waals surface area (Å²) in [5, 5.41) is 3.01. The van der Waals surface area contributed by atoms with Gasteiger partial charge in [0.05, 0.1) is 6.04 Å². The first-order valence-corrected chi connectivity index (χ1v) is 6.39. The minimum Gasteiger partial charge on any atom is -0.348 e. The summed E-state index contributed by atoms with van der Waals surface area (Å²) in [6, 6.07) is 8.58. The molecule has 1 aliphatic heterocycles. The van der Waals surface area contributed by atoms with Crippen LogP contribution in [-0.4, -0.2) is 11.9 Å². The highest BCUT2D eigenvalue weighted by atomic mass is 16.1. The third kappa shape index (κ3) is 2.20. The van der Waals surface area contributed by atoms with Gasteiger partial charge in [0.15, 0.2) is 0 Å². The van der Waals surface area contributed by atoms with Crippen LogP contribution in [0.25, 0.3) is 0 Å². The first-order chi connectivity index (χ1) is 8.24. The van der Waals surface area contributed by atoms with Crippen molar-refractivity contribution in [3.63, 3.8) is 0 Å². The summed E-state index contributed by atoms with van der Waals surface area (Å²) in [7, 11) is 0. The zero-order chi connectivity index (χ0) is 11.8. The van der Waals surface area contributed by atoms with Crippen LogP contribution in [0.1, 0.15) is 48.8 Å². The summed E-state index contributed by atoms with van der Waals surface area (Å²) in [5.41, 5.74) is 8.66. The van der Waals surface area contributed by atoms with Crippen LogP contribution in [0.2, 0.25) is 0 Å². The van der Waals surface area contributed by atoms with E-state index in [1.165, 1.54) is 18.4 Å². The third-order valence-corrected chi connectivity index (χ3v) is 3.77. The summed E-state index contributed by atoms with van der Waals surface area (Å²) < 4.78 is 0. The van der Waals surface area contributed by atoms with Crippen molar-refractivity contribution in [3.8, 4) is 0 Å². The van der Waals surface area contributed by atoms with Crippen molar-refractivity contribution in [1.82, 2.24) is 5.32 Å². The van der Waals surface area contributed by atoms with E-state index >= 15 is 0 Å². The highest BCUT2D eigenvalue weighted by molar-refractivity contribution is 5.77. The number of piperidine rings is 1. The largest absolute Gasteiger partial charge is 0.348 e. The van der Waals surface area contributed by atoms with Crippen molar-refractivity contribution in [3.05, 3.63) is 35.4 Å². The van der Waals surface area contributed by atoms with Crippen LogP contribution in [0, 0.1) is 0 Å². The van der Waals surface area contributed by atoms with E-state index in [0.29, 0.717) is 6.42 Å². The van der Waals surface area contributed by atoms with E-state index in [0.717, 1.165) is 17.9 Å². The lowest BCUT2D eigenvalue weighted by atomic mass is 9.91. The molecule has 1 amide bonds. The van der Waals surface area contributed by atoms with Crippen molar-refractivity contribution >= 4 is 5.91 Å². The summed E-state index contributed by atoms with van der Waals surface area (Å²) in [4.78, 5) is 11.5. The predicted molar refractivity (Wildman–Crippen MR) is 66.5 cm³/mol. The fourth-order valence-electron chi connectivity index (χ4n) is 2.57. The zero-order valence-corrected chi connectivity index (χ0v) is 9.86. The van der Waals surface area contributed by atoms with Crippen LogP contribution >= 0.6 is 0 Å². The van der Waals surface area contributed by atoms with E-state index in [-0.39, 0.29) is 18.0 Å². The highest BCUT2D eigenvalue weighted by Crippen LogP contribution is 2.40. The monoisotopic (exact) mass is 230 g/mol. The van der Waals surface area contributed by atoms with Gasteiger partial charge in [-0.25, -0.2) is 0 Å². The van der Waals surface area contributed by atoms with Gasteiger partial charge in [0.2, 0.25) is 5.91 Å². The summed E-state index contributed by atoms with van der Waals surface area (Å²) in [5.74, 6) is 0.860. The van der Waals surface area contributed by atoms with Crippen molar-refractivity contribution in [2.24, 2.45) is 5.73 Å². The molecule has 1 heterocycles. The fraction of sp³-hybridized carbons (Fsp3) is 0.500. The lowest BCUT2D eigenvalue weighted by Gasteiger charge is -2.30. The van der Waals surface area contributed by atoms with Crippen LogP contribution in [-0.2, 0) is 4.79 Å². The number of amides is 1. The van der Waals surface area contributed by atoms with E-state index in [1.807, 2.05) is 0 Å². The molecule has 1 saturated heterocycles. The molecule has 0 spiro atoms. The van der Waals surface area contributed by atoms with Crippen LogP contribution in [0.3, 0.4) is 0 Å². The third-order valence-electron chi connectivity index (χ3n) is 3.77. The number of carbonyl (C=O) groups excluding carboxylic acids is 1. The molecule has 0 radical (unpaired) electrons. The molecule has 0 bridgehead atoms. The standard InChI is InChI=1S/C14H18N2O/c15-12-6-7-13(17)16-14(12)11-3-1-2-10(8-11)9-4-5-9/h1-3,8-9,12,14H,4-7,15H2,(H,16,17). The van der Waals surface area contributed by atoms with Gasteiger partial charge in [0, 0.05) is 12.5 Å². The number of benzene rings is 1. The Labute approximate surface area is 101 Å². The van der Waals surface area contributed by atoms with Gasteiger partial charge in [0.1, 0.15) is 0 Å². The number of nitrogens with two attached hydrogens (primary N) is 1. The van der Waals surface area contributed by atoms with Crippen molar-refractivity contribution in [1.29, 1.82) is 0 Å². The van der Waals surface area contributed by atoms with Crippen LogP contribution in [0.5, 0.6) is 0 Å². The molecule has 2 atom stereocenters. The Balaban J connectivity index is 1.86. The lowest BCUT2D eigenvalue weighted by molar-refractivity contribution is -0.123. The molecule has 1 aliphatic carbocycles. The van der Waals surface area contributed by atoms with Crippen LogP contribution in [0.15, 0.2) is 24.3 Å². The van der Waals surface area contributed by atoms with Crippen molar-refractivity contribution < 1.29 is 4.79 Å². The topological polar surface area (TPSA) is 55.1 Å². The van der Waals surface area contributed by atoms with E-state index in [9.17, 15) is 4.79 Å². The number of rotatable bonds is 2. The molecular weight excluding hydrogens is 212 g/mol. The Morgan fingerprint density at radius 3 is 2.71 bits per heavy atom. The molecule has 3 rings (SSSR count). The van der Waals surface area contributed by atoms with Crippen LogP contribution in [0.4, 0.5) is 0 Å². The van der Waals surface area contributed by atoms with Gasteiger partial charge in [-0.3, -0.25) is 4.79 Å². The minimum atomic E-state index is -0.00468. The molecule has 17 heavy (non-hydrogen) atoms. The summed E-state index contributed by atoms with van der Waals surface area (Å²) in [6.07, 6.45) is 3.93. The molecule has 0 aromatic heterocycles. The van der Waals surface area contributed by atoms with Crippen LogP contribution < -0.4 is 11.1 Å². The van der Waals surface area contributed by atoms with E-state index in [4.69, 9.17) is 5.73 Å². The molecule has 1 aromatic carbocycles. The average Bonchev–Trinajstić information content (AvgIpc) is 3.17. The van der Waals surface area contributed by atoms with Gasteiger partial charge in [-0.1, -0.05) is 24.3 Å².